The number of methoxy groups -OCH3 is 2. The van der Waals surface area contributed by atoms with E-state index in [4.69, 9.17) is 32.7 Å². The minimum atomic E-state index is -4.33. The van der Waals surface area contributed by atoms with E-state index in [1.165, 1.54) is 37.3 Å². The SMILES string of the molecule is CCCNC(=O)[C@H](Cc1ccccc1)N(Cc1ccc(Cl)c(Cl)c1)C(=O)CN(c1ccccc1)S(=O)(=O)c1ccc(OC)c(OC)c1. The summed E-state index contributed by atoms with van der Waals surface area (Å²) in [6.07, 6.45) is 0.882. The van der Waals surface area contributed by atoms with Gasteiger partial charge in [-0.1, -0.05) is 84.7 Å². The summed E-state index contributed by atoms with van der Waals surface area (Å²) in [5.41, 5.74) is 1.71. The zero-order valence-electron chi connectivity index (χ0n) is 26.4. The molecular formula is C35H37Cl2N3O6S. The second kappa shape index (κ2) is 16.5. The van der Waals surface area contributed by atoms with E-state index in [2.05, 4.69) is 5.32 Å². The number of para-hydroxylation sites is 1. The molecule has 1 N–H and O–H groups in total. The van der Waals surface area contributed by atoms with Crippen molar-refractivity contribution in [1.82, 2.24) is 10.2 Å². The van der Waals surface area contributed by atoms with Gasteiger partial charge in [0.05, 0.1) is 34.8 Å². The van der Waals surface area contributed by atoms with Gasteiger partial charge in [0, 0.05) is 25.6 Å². The number of carbonyl (C=O) groups is 2. The van der Waals surface area contributed by atoms with Crippen LogP contribution in [0.15, 0.2) is 102 Å². The van der Waals surface area contributed by atoms with Crippen LogP contribution in [-0.2, 0) is 32.6 Å². The molecule has 0 aromatic heterocycles. The number of benzene rings is 4. The molecule has 47 heavy (non-hydrogen) atoms. The van der Waals surface area contributed by atoms with E-state index in [1.54, 1.807) is 48.5 Å². The summed E-state index contributed by atoms with van der Waals surface area (Å²) in [4.78, 5) is 29.6. The molecule has 0 aliphatic carbocycles. The van der Waals surface area contributed by atoms with Gasteiger partial charge in [0.2, 0.25) is 11.8 Å². The first-order valence-corrected chi connectivity index (χ1v) is 17.1. The molecule has 1 atom stereocenters. The predicted molar refractivity (Wildman–Crippen MR) is 185 cm³/mol. The second-order valence-electron chi connectivity index (χ2n) is 10.6. The van der Waals surface area contributed by atoms with Crippen molar-refractivity contribution in [3.8, 4) is 11.5 Å². The van der Waals surface area contributed by atoms with Gasteiger partial charge < -0.3 is 19.7 Å². The Balaban J connectivity index is 1.81. The number of hydrogen-bond donors (Lipinski definition) is 1. The summed E-state index contributed by atoms with van der Waals surface area (Å²) in [6.45, 7) is 1.70. The summed E-state index contributed by atoms with van der Waals surface area (Å²) in [5.74, 6) is -0.400. The zero-order valence-corrected chi connectivity index (χ0v) is 28.7. The number of anilines is 1. The Hall–Kier alpha value is -4.25. The number of carbonyl (C=O) groups excluding carboxylic acids is 2. The quantitative estimate of drug-likeness (QED) is 0.155. The average molecular weight is 699 g/mol. The third kappa shape index (κ3) is 8.97. The number of rotatable bonds is 15. The molecule has 12 heteroatoms. The van der Waals surface area contributed by atoms with Crippen molar-refractivity contribution in [2.24, 2.45) is 0 Å². The molecule has 0 spiro atoms. The molecular weight excluding hydrogens is 661 g/mol. The van der Waals surface area contributed by atoms with Crippen molar-refractivity contribution in [2.45, 2.75) is 37.2 Å². The van der Waals surface area contributed by atoms with Gasteiger partial charge in [-0.05, 0) is 53.9 Å². The van der Waals surface area contributed by atoms with Gasteiger partial charge in [0.1, 0.15) is 12.6 Å². The lowest BCUT2D eigenvalue weighted by atomic mass is 10.0. The van der Waals surface area contributed by atoms with Crippen LogP contribution in [0, 0.1) is 0 Å². The smallest absolute Gasteiger partial charge is 0.264 e. The summed E-state index contributed by atoms with van der Waals surface area (Å²) >= 11 is 12.5. The standard InChI is InChI=1S/C35H37Cl2N3O6S/c1-4-19-38-35(42)31(21-25-11-7-5-8-12-25)39(23-26-15-17-29(36)30(37)20-26)34(41)24-40(27-13-9-6-10-14-27)47(43,44)28-16-18-32(45-2)33(22-28)46-3/h5-18,20,22,31H,4,19,21,23-24H2,1-3H3,(H,38,42)/t31-/m0/s1. The van der Waals surface area contributed by atoms with Crippen LogP contribution in [0.25, 0.3) is 0 Å². The van der Waals surface area contributed by atoms with Crippen molar-refractivity contribution >= 4 is 50.7 Å². The van der Waals surface area contributed by atoms with Crippen LogP contribution in [0.5, 0.6) is 11.5 Å². The highest BCUT2D eigenvalue weighted by Gasteiger charge is 2.35. The number of sulfonamides is 1. The summed E-state index contributed by atoms with van der Waals surface area (Å²) in [6, 6.07) is 25.8. The normalized spacial score (nSPS) is 11.8. The number of nitrogens with zero attached hydrogens (tertiary/aromatic N) is 2. The van der Waals surface area contributed by atoms with Crippen molar-refractivity contribution in [1.29, 1.82) is 0 Å². The molecule has 9 nitrogen and oxygen atoms in total. The van der Waals surface area contributed by atoms with Gasteiger partial charge in [-0.2, -0.15) is 0 Å². The van der Waals surface area contributed by atoms with Crippen LogP contribution < -0.4 is 19.1 Å². The zero-order chi connectivity index (χ0) is 34.0. The van der Waals surface area contributed by atoms with Crippen LogP contribution in [-0.4, -0.2) is 58.5 Å². The molecule has 0 fully saturated rings. The van der Waals surface area contributed by atoms with Crippen molar-refractivity contribution < 1.29 is 27.5 Å². The summed E-state index contributed by atoms with van der Waals surface area (Å²) in [7, 11) is -1.48. The molecule has 4 rings (SSSR count). The highest BCUT2D eigenvalue weighted by Crippen LogP contribution is 2.32. The molecule has 4 aromatic rings. The number of hydrogen-bond acceptors (Lipinski definition) is 6. The lowest BCUT2D eigenvalue weighted by molar-refractivity contribution is -0.140. The van der Waals surface area contributed by atoms with Crippen molar-refractivity contribution in [3.63, 3.8) is 0 Å². The van der Waals surface area contributed by atoms with E-state index in [0.29, 0.717) is 29.3 Å². The third-order valence-corrected chi connectivity index (χ3v) is 9.93. The number of ether oxygens (including phenoxy) is 2. The van der Waals surface area contributed by atoms with Gasteiger partial charge in [0.25, 0.3) is 10.0 Å². The molecule has 4 aromatic carbocycles. The monoisotopic (exact) mass is 697 g/mol. The summed E-state index contributed by atoms with van der Waals surface area (Å²) in [5, 5.41) is 3.55. The predicted octanol–water partition coefficient (Wildman–Crippen LogP) is 6.37. The van der Waals surface area contributed by atoms with E-state index in [9.17, 15) is 18.0 Å². The molecule has 0 aliphatic rings. The van der Waals surface area contributed by atoms with Crippen LogP contribution >= 0.6 is 23.2 Å². The van der Waals surface area contributed by atoms with Gasteiger partial charge in [-0.15, -0.1) is 0 Å². The lowest BCUT2D eigenvalue weighted by Gasteiger charge is -2.34. The molecule has 0 heterocycles. The number of halogens is 2. The van der Waals surface area contributed by atoms with Gasteiger partial charge in [0.15, 0.2) is 11.5 Å². The largest absolute Gasteiger partial charge is 0.493 e. The Kier molecular flexibility index (Phi) is 12.5. The van der Waals surface area contributed by atoms with Crippen molar-refractivity contribution in [3.05, 3.63) is 118 Å². The fourth-order valence-electron chi connectivity index (χ4n) is 4.98. The second-order valence-corrected chi connectivity index (χ2v) is 13.3. The number of nitrogens with one attached hydrogen (secondary N) is 1. The van der Waals surface area contributed by atoms with Crippen LogP contribution in [0.3, 0.4) is 0 Å². The van der Waals surface area contributed by atoms with E-state index in [-0.39, 0.29) is 40.2 Å². The van der Waals surface area contributed by atoms with E-state index in [1.807, 2.05) is 37.3 Å². The Morgan fingerprint density at radius 3 is 2.09 bits per heavy atom. The fraction of sp³-hybridized carbons (Fsp3) is 0.257. The molecule has 0 bridgehead atoms. The Bertz CT molecular complexity index is 1780. The van der Waals surface area contributed by atoms with E-state index < -0.39 is 28.5 Å². The Morgan fingerprint density at radius 1 is 0.809 bits per heavy atom. The molecule has 0 aliphatic heterocycles. The maximum absolute atomic E-state index is 14.5. The summed E-state index contributed by atoms with van der Waals surface area (Å²) < 4.78 is 40.2. The fourth-order valence-corrected chi connectivity index (χ4v) is 6.73. The Morgan fingerprint density at radius 2 is 1.47 bits per heavy atom. The van der Waals surface area contributed by atoms with Crippen LogP contribution in [0.2, 0.25) is 10.0 Å². The first-order valence-electron chi connectivity index (χ1n) is 14.9. The van der Waals surface area contributed by atoms with E-state index in [0.717, 1.165) is 9.87 Å². The molecule has 0 saturated heterocycles. The maximum atomic E-state index is 14.5. The first-order chi connectivity index (χ1) is 22.6. The van der Waals surface area contributed by atoms with Gasteiger partial charge in [-0.3, -0.25) is 13.9 Å². The topological polar surface area (TPSA) is 105 Å². The first kappa shape index (κ1) is 35.6. The maximum Gasteiger partial charge on any atom is 0.264 e. The van der Waals surface area contributed by atoms with Gasteiger partial charge >= 0.3 is 0 Å². The molecule has 0 unspecified atom stereocenters. The molecule has 2 amide bonds. The van der Waals surface area contributed by atoms with Crippen molar-refractivity contribution in [2.75, 3.05) is 31.6 Å². The molecule has 0 radical (unpaired) electrons. The highest BCUT2D eigenvalue weighted by atomic mass is 35.5. The molecule has 248 valence electrons. The van der Waals surface area contributed by atoms with Crippen LogP contribution in [0.4, 0.5) is 5.69 Å². The average Bonchev–Trinajstić information content (AvgIpc) is 3.09. The molecule has 0 saturated carbocycles. The number of amides is 2. The third-order valence-electron chi connectivity index (χ3n) is 7.42. The van der Waals surface area contributed by atoms with Gasteiger partial charge in [-0.25, -0.2) is 8.42 Å². The lowest BCUT2D eigenvalue weighted by Crippen LogP contribution is -2.53. The Labute approximate surface area is 286 Å². The minimum absolute atomic E-state index is 0.0359. The van der Waals surface area contributed by atoms with Crippen LogP contribution in [0.1, 0.15) is 24.5 Å². The minimum Gasteiger partial charge on any atom is -0.493 e. The van der Waals surface area contributed by atoms with E-state index >= 15 is 0 Å². The highest BCUT2D eigenvalue weighted by molar-refractivity contribution is 7.92.